The van der Waals surface area contributed by atoms with Crippen LogP contribution in [-0.2, 0) is 4.79 Å². The molecule has 3 rings (SSSR count). The second kappa shape index (κ2) is 8.70. The van der Waals surface area contributed by atoms with Crippen molar-refractivity contribution in [2.75, 3.05) is 19.7 Å². The zero-order valence-corrected chi connectivity index (χ0v) is 14.9. The Morgan fingerprint density at radius 1 is 1.32 bits per heavy atom. The summed E-state index contributed by atoms with van der Waals surface area (Å²) >= 11 is 0. The summed E-state index contributed by atoms with van der Waals surface area (Å²) in [5.41, 5.74) is 1.20. The Balaban J connectivity index is 1.36. The van der Waals surface area contributed by atoms with Gasteiger partial charge in [-0.15, -0.1) is 0 Å². The molecule has 5 nitrogen and oxygen atoms in total. The molecule has 5 heteroatoms. The van der Waals surface area contributed by atoms with Crippen LogP contribution in [0.4, 0.5) is 0 Å². The standard InChI is InChI=1S/C20H27N3O2/c1-17-7-4-9-19(15-17)25-14-3-2-10-20(24)22-12-5-8-18(16-22)23-13-6-11-21-23/h4,6-7,9,11,13,15,18H,2-3,5,8,10,12,14,16H2,1H3/t18-/m0/s1. The second-order valence-electron chi connectivity index (χ2n) is 6.74. The molecule has 1 amide bonds. The number of carbonyl (C=O) groups is 1. The van der Waals surface area contributed by atoms with Crippen LogP contribution in [0.1, 0.15) is 43.7 Å². The van der Waals surface area contributed by atoms with Crippen molar-refractivity contribution in [2.45, 2.75) is 45.1 Å². The zero-order valence-electron chi connectivity index (χ0n) is 14.9. The molecule has 1 fully saturated rings. The molecule has 25 heavy (non-hydrogen) atoms. The summed E-state index contributed by atoms with van der Waals surface area (Å²) in [5.74, 6) is 1.16. The molecule has 0 saturated carbocycles. The molecule has 0 aliphatic carbocycles. The van der Waals surface area contributed by atoms with Crippen LogP contribution in [0.3, 0.4) is 0 Å². The van der Waals surface area contributed by atoms with Crippen LogP contribution in [0.25, 0.3) is 0 Å². The van der Waals surface area contributed by atoms with E-state index in [1.807, 2.05) is 40.0 Å². The smallest absolute Gasteiger partial charge is 0.222 e. The second-order valence-corrected chi connectivity index (χ2v) is 6.74. The first-order chi connectivity index (χ1) is 12.2. The summed E-state index contributed by atoms with van der Waals surface area (Å²) in [6.07, 6.45) is 8.30. The Morgan fingerprint density at radius 2 is 2.24 bits per heavy atom. The van der Waals surface area contributed by atoms with E-state index in [1.165, 1.54) is 5.56 Å². The number of nitrogens with zero attached hydrogens (tertiary/aromatic N) is 3. The maximum Gasteiger partial charge on any atom is 0.222 e. The van der Waals surface area contributed by atoms with Crippen LogP contribution in [0.5, 0.6) is 5.75 Å². The lowest BCUT2D eigenvalue weighted by Crippen LogP contribution is -2.40. The molecule has 2 aromatic rings. The van der Waals surface area contributed by atoms with Crippen molar-refractivity contribution in [3.63, 3.8) is 0 Å². The van der Waals surface area contributed by atoms with E-state index in [4.69, 9.17) is 4.74 Å². The summed E-state index contributed by atoms with van der Waals surface area (Å²) in [6.45, 7) is 4.37. The third-order valence-corrected chi connectivity index (χ3v) is 4.69. The molecule has 1 atom stereocenters. The predicted octanol–water partition coefficient (Wildman–Crippen LogP) is 3.60. The van der Waals surface area contributed by atoms with Gasteiger partial charge in [-0.05, 0) is 56.4 Å². The fourth-order valence-electron chi connectivity index (χ4n) is 3.33. The quantitative estimate of drug-likeness (QED) is 0.723. The number of piperidine rings is 1. The molecule has 1 aromatic heterocycles. The van der Waals surface area contributed by atoms with E-state index in [2.05, 4.69) is 18.1 Å². The zero-order chi connectivity index (χ0) is 17.5. The first-order valence-electron chi connectivity index (χ1n) is 9.19. The number of carbonyl (C=O) groups excluding carboxylic acids is 1. The van der Waals surface area contributed by atoms with Gasteiger partial charge in [-0.25, -0.2) is 0 Å². The third-order valence-electron chi connectivity index (χ3n) is 4.69. The topological polar surface area (TPSA) is 47.4 Å². The highest BCUT2D eigenvalue weighted by atomic mass is 16.5. The summed E-state index contributed by atoms with van der Waals surface area (Å²) in [5, 5.41) is 4.32. The lowest BCUT2D eigenvalue weighted by Gasteiger charge is -2.33. The van der Waals surface area contributed by atoms with Crippen molar-refractivity contribution in [1.29, 1.82) is 0 Å². The SMILES string of the molecule is Cc1cccc(OCCCCC(=O)N2CCC[C@H](n3cccn3)C2)c1. The van der Waals surface area contributed by atoms with Gasteiger partial charge in [0.25, 0.3) is 0 Å². The Kier molecular flexibility index (Phi) is 6.09. The fourth-order valence-corrected chi connectivity index (χ4v) is 3.33. The van der Waals surface area contributed by atoms with Crippen molar-refractivity contribution >= 4 is 5.91 Å². The lowest BCUT2D eigenvalue weighted by atomic mass is 10.1. The molecule has 2 heterocycles. The molecule has 1 saturated heterocycles. The van der Waals surface area contributed by atoms with E-state index in [9.17, 15) is 4.79 Å². The first-order valence-corrected chi connectivity index (χ1v) is 9.19. The molecule has 1 aliphatic rings. The number of likely N-dealkylation sites (tertiary alicyclic amines) is 1. The molecule has 1 aliphatic heterocycles. The number of benzene rings is 1. The van der Waals surface area contributed by atoms with Crippen LogP contribution in [0.2, 0.25) is 0 Å². The van der Waals surface area contributed by atoms with Gasteiger partial charge in [-0.2, -0.15) is 5.10 Å². The van der Waals surface area contributed by atoms with Gasteiger partial charge in [0, 0.05) is 31.9 Å². The Morgan fingerprint density at radius 3 is 3.04 bits per heavy atom. The molecule has 1 aromatic carbocycles. The molecule has 0 bridgehead atoms. The summed E-state index contributed by atoms with van der Waals surface area (Å²) < 4.78 is 7.72. The number of amides is 1. The number of hydrogen-bond donors (Lipinski definition) is 0. The van der Waals surface area contributed by atoms with E-state index >= 15 is 0 Å². The summed E-state index contributed by atoms with van der Waals surface area (Å²) in [6, 6.07) is 10.3. The molecule has 0 unspecified atom stereocenters. The van der Waals surface area contributed by atoms with Crippen molar-refractivity contribution in [1.82, 2.24) is 14.7 Å². The van der Waals surface area contributed by atoms with E-state index in [-0.39, 0.29) is 5.91 Å². The van der Waals surface area contributed by atoms with Crippen LogP contribution in [0.15, 0.2) is 42.7 Å². The van der Waals surface area contributed by atoms with Gasteiger partial charge in [-0.1, -0.05) is 12.1 Å². The van der Waals surface area contributed by atoms with Crippen LogP contribution < -0.4 is 4.74 Å². The van der Waals surface area contributed by atoms with Gasteiger partial charge in [0.05, 0.1) is 12.6 Å². The third kappa shape index (κ3) is 5.08. The minimum atomic E-state index is 0.257. The van der Waals surface area contributed by atoms with Gasteiger partial charge >= 0.3 is 0 Å². The largest absolute Gasteiger partial charge is 0.494 e. The summed E-state index contributed by atoms with van der Waals surface area (Å²) in [4.78, 5) is 14.4. The van der Waals surface area contributed by atoms with Crippen molar-refractivity contribution in [2.24, 2.45) is 0 Å². The van der Waals surface area contributed by atoms with Gasteiger partial charge < -0.3 is 9.64 Å². The number of ether oxygens (including phenoxy) is 1. The van der Waals surface area contributed by atoms with E-state index < -0.39 is 0 Å². The molecule has 134 valence electrons. The fraction of sp³-hybridized carbons (Fsp3) is 0.500. The maximum atomic E-state index is 12.4. The van der Waals surface area contributed by atoms with Gasteiger partial charge in [0.1, 0.15) is 5.75 Å². The first kappa shape index (κ1) is 17.5. The van der Waals surface area contributed by atoms with Gasteiger partial charge in [0.15, 0.2) is 0 Å². The predicted molar refractivity (Wildman–Crippen MR) is 97.6 cm³/mol. The summed E-state index contributed by atoms with van der Waals surface area (Å²) in [7, 11) is 0. The lowest BCUT2D eigenvalue weighted by molar-refractivity contribution is -0.133. The number of hydrogen-bond acceptors (Lipinski definition) is 3. The molecule has 0 N–H and O–H groups in total. The van der Waals surface area contributed by atoms with Crippen LogP contribution >= 0.6 is 0 Å². The number of aromatic nitrogens is 2. The maximum absolute atomic E-state index is 12.4. The van der Waals surface area contributed by atoms with E-state index in [1.54, 1.807) is 6.20 Å². The van der Waals surface area contributed by atoms with Gasteiger partial charge in [0.2, 0.25) is 5.91 Å². The highest BCUT2D eigenvalue weighted by Crippen LogP contribution is 2.21. The average molecular weight is 341 g/mol. The molecule has 0 spiro atoms. The normalized spacial score (nSPS) is 17.5. The van der Waals surface area contributed by atoms with Crippen molar-refractivity contribution in [3.05, 3.63) is 48.3 Å². The Hall–Kier alpha value is -2.30. The van der Waals surface area contributed by atoms with Crippen LogP contribution in [0, 0.1) is 6.92 Å². The van der Waals surface area contributed by atoms with E-state index in [0.29, 0.717) is 19.1 Å². The monoisotopic (exact) mass is 341 g/mol. The van der Waals surface area contributed by atoms with Crippen LogP contribution in [-0.4, -0.2) is 40.3 Å². The minimum absolute atomic E-state index is 0.257. The Bertz CT molecular complexity index is 669. The highest BCUT2D eigenvalue weighted by Gasteiger charge is 2.24. The van der Waals surface area contributed by atoms with Crippen molar-refractivity contribution in [3.8, 4) is 5.75 Å². The molecule has 0 radical (unpaired) electrons. The number of rotatable bonds is 7. The highest BCUT2D eigenvalue weighted by molar-refractivity contribution is 5.76. The number of unbranched alkanes of at least 4 members (excludes halogenated alkanes) is 1. The van der Waals surface area contributed by atoms with E-state index in [0.717, 1.165) is 44.5 Å². The van der Waals surface area contributed by atoms with Crippen molar-refractivity contribution < 1.29 is 9.53 Å². The van der Waals surface area contributed by atoms with Gasteiger partial charge in [-0.3, -0.25) is 9.48 Å². The Labute approximate surface area is 149 Å². The minimum Gasteiger partial charge on any atom is -0.494 e. The molecular formula is C20H27N3O2. The molecular weight excluding hydrogens is 314 g/mol. The average Bonchev–Trinajstić information content (AvgIpc) is 3.16. The number of aryl methyl sites for hydroxylation is 1.